The van der Waals surface area contributed by atoms with Crippen LogP contribution in [0.3, 0.4) is 0 Å². The van der Waals surface area contributed by atoms with Crippen molar-refractivity contribution in [3.8, 4) is 0 Å². The van der Waals surface area contributed by atoms with Crippen molar-refractivity contribution in [2.75, 3.05) is 5.73 Å². The Morgan fingerprint density at radius 1 is 1.23 bits per heavy atom. The first-order valence-electron chi connectivity index (χ1n) is 6.55. The van der Waals surface area contributed by atoms with Gasteiger partial charge in [0, 0.05) is 18.0 Å². The number of halogens is 3. The van der Waals surface area contributed by atoms with E-state index in [1.165, 1.54) is 0 Å². The van der Waals surface area contributed by atoms with Crippen LogP contribution in [0, 0.1) is 0 Å². The summed E-state index contributed by atoms with van der Waals surface area (Å²) in [6.45, 7) is 4.12. The third-order valence-corrected chi connectivity index (χ3v) is 3.75. The van der Waals surface area contributed by atoms with Gasteiger partial charge in [0.1, 0.15) is 5.82 Å². The molecule has 0 aliphatic heterocycles. The number of aromatic nitrogens is 3. The molecule has 0 aromatic carbocycles. The van der Waals surface area contributed by atoms with Crippen LogP contribution in [0.4, 0.5) is 19.0 Å². The number of nitrogens with two attached hydrogens (primary N) is 1. The maximum absolute atomic E-state index is 12.7. The Kier molecular flexibility index (Phi) is 4.90. The Morgan fingerprint density at radius 2 is 1.95 bits per heavy atom. The van der Waals surface area contributed by atoms with Gasteiger partial charge in [-0.15, -0.1) is 0 Å². The molecule has 4 nitrogen and oxygen atoms in total. The molecule has 22 heavy (non-hydrogen) atoms. The largest absolute Gasteiger partial charge is 0.433 e. The fourth-order valence-electron chi connectivity index (χ4n) is 1.73. The number of anilines is 1. The number of hydrogen-bond donors (Lipinski definition) is 1. The minimum absolute atomic E-state index is 0.0101. The van der Waals surface area contributed by atoms with E-state index in [0.29, 0.717) is 11.7 Å². The topological polar surface area (TPSA) is 64.7 Å². The summed E-state index contributed by atoms with van der Waals surface area (Å²) in [6.07, 6.45) is -2.85. The fourth-order valence-corrected chi connectivity index (χ4v) is 2.49. The normalized spacial score (nSPS) is 11.9. The van der Waals surface area contributed by atoms with Crippen LogP contribution in [0.5, 0.6) is 0 Å². The zero-order chi connectivity index (χ0) is 16.3. The van der Waals surface area contributed by atoms with Crippen molar-refractivity contribution in [1.29, 1.82) is 0 Å². The zero-order valence-corrected chi connectivity index (χ0v) is 12.9. The van der Waals surface area contributed by atoms with Crippen LogP contribution in [0.2, 0.25) is 0 Å². The van der Waals surface area contributed by atoms with Gasteiger partial charge in [-0.2, -0.15) is 13.2 Å². The lowest BCUT2D eigenvalue weighted by Crippen LogP contribution is -2.10. The van der Waals surface area contributed by atoms with E-state index in [-0.39, 0.29) is 11.0 Å². The number of thioether (sulfide) groups is 1. The SMILES string of the molecule is CC(C)c1ccnc(CSc2nc(N)cc(C(F)(F)F)n2)c1. The van der Waals surface area contributed by atoms with Gasteiger partial charge in [-0.1, -0.05) is 25.6 Å². The lowest BCUT2D eigenvalue weighted by molar-refractivity contribution is -0.141. The van der Waals surface area contributed by atoms with Crippen molar-refractivity contribution in [3.05, 3.63) is 41.3 Å². The molecular formula is C14H15F3N4S. The van der Waals surface area contributed by atoms with Crippen molar-refractivity contribution in [3.63, 3.8) is 0 Å². The zero-order valence-electron chi connectivity index (χ0n) is 12.1. The first kappa shape index (κ1) is 16.5. The molecule has 0 unspecified atom stereocenters. The highest BCUT2D eigenvalue weighted by Crippen LogP contribution is 2.30. The highest BCUT2D eigenvalue weighted by atomic mass is 32.2. The molecule has 118 valence electrons. The molecule has 2 aromatic rings. The van der Waals surface area contributed by atoms with Gasteiger partial charge in [0.15, 0.2) is 10.9 Å². The Hall–Kier alpha value is -1.83. The van der Waals surface area contributed by atoms with E-state index < -0.39 is 11.9 Å². The number of alkyl halides is 3. The highest BCUT2D eigenvalue weighted by molar-refractivity contribution is 7.98. The number of pyridine rings is 1. The average Bonchev–Trinajstić information content (AvgIpc) is 2.44. The summed E-state index contributed by atoms with van der Waals surface area (Å²) in [5.74, 6) is 0.530. The van der Waals surface area contributed by atoms with Gasteiger partial charge in [-0.25, -0.2) is 9.97 Å². The van der Waals surface area contributed by atoms with E-state index in [0.717, 1.165) is 29.1 Å². The molecule has 0 aliphatic carbocycles. The maximum atomic E-state index is 12.7. The van der Waals surface area contributed by atoms with Gasteiger partial charge >= 0.3 is 6.18 Å². The number of hydrogen-bond acceptors (Lipinski definition) is 5. The quantitative estimate of drug-likeness (QED) is 0.681. The van der Waals surface area contributed by atoms with Gasteiger partial charge in [0.2, 0.25) is 0 Å². The third-order valence-electron chi connectivity index (χ3n) is 2.87. The van der Waals surface area contributed by atoms with Crippen LogP contribution < -0.4 is 5.73 Å². The van der Waals surface area contributed by atoms with Crippen LogP contribution in [-0.2, 0) is 11.9 Å². The van der Waals surface area contributed by atoms with E-state index in [1.54, 1.807) is 6.20 Å². The van der Waals surface area contributed by atoms with Crippen LogP contribution >= 0.6 is 11.8 Å². The predicted molar refractivity (Wildman–Crippen MR) is 79.3 cm³/mol. The summed E-state index contributed by atoms with van der Waals surface area (Å²) >= 11 is 1.07. The van der Waals surface area contributed by atoms with Crippen molar-refractivity contribution >= 4 is 17.6 Å². The third kappa shape index (κ3) is 4.33. The fraction of sp³-hybridized carbons (Fsp3) is 0.357. The van der Waals surface area contributed by atoms with E-state index in [9.17, 15) is 13.2 Å². The van der Waals surface area contributed by atoms with Crippen LogP contribution in [0.15, 0.2) is 29.6 Å². The molecule has 2 aromatic heterocycles. The van der Waals surface area contributed by atoms with Crippen molar-refractivity contribution in [1.82, 2.24) is 15.0 Å². The molecule has 0 atom stereocenters. The minimum Gasteiger partial charge on any atom is -0.384 e. The van der Waals surface area contributed by atoms with Crippen molar-refractivity contribution in [2.24, 2.45) is 0 Å². The van der Waals surface area contributed by atoms with Crippen LogP contribution in [0.25, 0.3) is 0 Å². The summed E-state index contributed by atoms with van der Waals surface area (Å²) in [5.41, 5.74) is 6.25. The van der Waals surface area contributed by atoms with Gasteiger partial charge < -0.3 is 5.73 Å². The smallest absolute Gasteiger partial charge is 0.384 e. The number of nitrogens with zero attached hydrogens (tertiary/aromatic N) is 3. The Bertz CT molecular complexity index is 659. The Balaban J connectivity index is 2.15. The second-order valence-electron chi connectivity index (χ2n) is 4.98. The van der Waals surface area contributed by atoms with Gasteiger partial charge in [0.25, 0.3) is 0 Å². The molecule has 2 rings (SSSR count). The number of nitrogen functional groups attached to an aromatic ring is 1. The molecule has 0 saturated heterocycles. The van der Waals surface area contributed by atoms with Gasteiger partial charge in [0.05, 0.1) is 5.69 Å². The monoisotopic (exact) mass is 328 g/mol. The van der Waals surface area contributed by atoms with Gasteiger partial charge in [-0.3, -0.25) is 4.98 Å². The average molecular weight is 328 g/mol. The second-order valence-corrected chi connectivity index (χ2v) is 5.92. The van der Waals surface area contributed by atoms with E-state index in [4.69, 9.17) is 5.73 Å². The Labute approximate surface area is 130 Å². The minimum atomic E-state index is -4.54. The molecule has 2 N–H and O–H groups in total. The summed E-state index contributed by atoms with van der Waals surface area (Å²) in [7, 11) is 0. The molecular weight excluding hydrogens is 313 g/mol. The van der Waals surface area contributed by atoms with Gasteiger partial charge in [-0.05, 0) is 23.6 Å². The lowest BCUT2D eigenvalue weighted by atomic mass is 10.0. The standard InChI is InChI=1S/C14H15F3N4S/c1-8(2)9-3-4-19-10(5-9)7-22-13-20-11(14(15,16)17)6-12(18)21-13/h3-6,8H,7H2,1-2H3,(H2,18,20,21). The van der Waals surface area contributed by atoms with E-state index >= 15 is 0 Å². The summed E-state index contributed by atoms with van der Waals surface area (Å²) < 4.78 is 38.1. The highest BCUT2D eigenvalue weighted by Gasteiger charge is 2.33. The molecule has 0 radical (unpaired) electrons. The summed E-state index contributed by atoms with van der Waals surface area (Å²) in [4.78, 5) is 11.5. The second kappa shape index (κ2) is 6.51. The maximum Gasteiger partial charge on any atom is 0.433 e. The molecule has 0 aliphatic rings. The predicted octanol–water partition coefficient (Wildman–Crippen LogP) is 3.89. The Morgan fingerprint density at radius 3 is 2.59 bits per heavy atom. The molecule has 8 heteroatoms. The molecule has 0 bridgehead atoms. The first-order chi connectivity index (χ1) is 10.3. The van der Waals surface area contributed by atoms with Crippen LogP contribution in [0.1, 0.15) is 36.7 Å². The van der Waals surface area contributed by atoms with E-state index in [2.05, 4.69) is 28.8 Å². The van der Waals surface area contributed by atoms with Crippen molar-refractivity contribution < 1.29 is 13.2 Å². The van der Waals surface area contributed by atoms with Crippen LogP contribution in [-0.4, -0.2) is 15.0 Å². The summed E-state index contributed by atoms with van der Waals surface area (Å²) in [5, 5.41) is -0.0101. The molecule has 0 amide bonds. The molecule has 0 spiro atoms. The van der Waals surface area contributed by atoms with Crippen molar-refractivity contribution in [2.45, 2.75) is 36.9 Å². The molecule has 2 heterocycles. The first-order valence-corrected chi connectivity index (χ1v) is 7.53. The lowest BCUT2D eigenvalue weighted by Gasteiger charge is -2.09. The number of rotatable bonds is 4. The van der Waals surface area contributed by atoms with E-state index in [1.807, 2.05) is 12.1 Å². The molecule has 0 saturated carbocycles. The summed E-state index contributed by atoms with van der Waals surface area (Å²) in [6, 6.07) is 4.56. The molecule has 0 fully saturated rings.